The Labute approximate surface area is 799 Å². The SMILES string of the molecule is Cc1c(O)cccc1B1OC(C)(C)C(C)(C)O1.Cc1c(O)cccc1Br.Cc1c(OCCCBr)cccc1B1OC(C)(C)C(C)(C)O1.Cc1c(OCCCCl)cccc1B1OC(C)(C)C(C)(C)O1.Cc1c(OCCCN2CC[C@@H](O)C2)cccc1B1OC(C)(C)C(C)(C)O1.Cl.ClCCCBr.O=CO[O-].O[C@@H]1CCNC1.[H-].[K+].[K+]. The number of benzene rings is 5. The monoisotopic (exact) mass is 1860 g/mol. The Morgan fingerprint density at radius 2 is 0.812 bits per heavy atom. The number of alkyl halides is 4. The Kier molecular flexibility index (Phi) is 50.8. The van der Waals surface area contributed by atoms with Gasteiger partial charge in [-0.15, -0.1) is 35.6 Å². The molecule has 0 aromatic heterocycles. The van der Waals surface area contributed by atoms with Crippen LogP contribution in [0, 0.1) is 34.6 Å². The molecule has 0 amide bonds. The van der Waals surface area contributed by atoms with Crippen LogP contribution in [0.5, 0.6) is 28.7 Å². The number of ether oxygens (including phenoxy) is 3. The molecule has 6 fully saturated rings. The molecule has 32 heteroatoms. The molecule has 6 heterocycles. The number of phenols is 2. The number of carbonyl (C=O) groups is 1. The molecule has 0 spiro atoms. The Bertz CT molecular complexity index is 3410. The van der Waals surface area contributed by atoms with Gasteiger partial charge in [0.25, 0.3) is 6.47 Å². The van der Waals surface area contributed by atoms with E-state index in [4.69, 9.17) is 94.9 Å². The van der Waals surface area contributed by atoms with E-state index in [2.05, 4.69) is 172 Å². The summed E-state index contributed by atoms with van der Waals surface area (Å²) in [6, 6.07) is 28.8. The number of hydrogen-bond donors (Lipinski definition) is 5. The zero-order chi connectivity index (χ0) is 81.9. The first-order valence-corrected chi connectivity index (χ1v) is 41.6. The average molecular weight is 1870 g/mol. The summed E-state index contributed by atoms with van der Waals surface area (Å²) >= 11 is 20.9. The number of nitrogens with one attached hydrogen (secondary N) is 1. The summed E-state index contributed by atoms with van der Waals surface area (Å²) in [5.74, 6) is 4.65. The van der Waals surface area contributed by atoms with E-state index in [0.717, 1.165) is 159 Å². The van der Waals surface area contributed by atoms with Crippen LogP contribution < -0.4 is 149 Å². The first-order valence-electron chi connectivity index (χ1n) is 37.5. The third-order valence-corrected chi connectivity index (χ3v) is 23.6. The van der Waals surface area contributed by atoms with E-state index in [1.54, 1.807) is 18.2 Å². The molecule has 6 aliphatic rings. The summed E-state index contributed by atoms with van der Waals surface area (Å²) in [6.07, 6.45) is 5.44. The number of likely N-dealkylation sites (tertiary alicyclic amines) is 1. The maximum absolute atomic E-state index is 9.71. The number of nitrogens with zero attached hydrogens (tertiary/aromatic N) is 1. The van der Waals surface area contributed by atoms with E-state index in [9.17, 15) is 10.2 Å². The largest absolute Gasteiger partial charge is 1.00 e. The minimum absolute atomic E-state index is 0. The van der Waals surface area contributed by atoms with Gasteiger partial charge in [0.2, 0.25) is 0 Å². The van der Waals surface area contributed by atoms with Crippen LogP contribution >= 0.6 is 83.4 Å². The predicted molar refractivity (Wildman–Crippen MR) is 460 cm³/mol. The number of aromatic hydroxyl groups is 2. The third-order valence-electron chi connectivity index (χ3n) is 21.1. The van der Waals surface area contributed by atoms with Gasteiger partial charge in [-0.1, -0.05) is 102 Å². The predicted octanol–water partition coefficient (Wildman–Crippen LogP) is 7.68. The van der Waals surface area contributed by atoms with Crippen LogP contribution in [0.4, 0.5) is 0 Å². The molecule has 5 aromatic carbocycles. The van der Waals surface area contributed by atoms with Crippen molar-refractivity contribution < 1.29 is 191 Å². The van der Waals surface area contributed by atoms with Crippen LogP contribution in [0.15, 0.2) is 95.5 Å². The molecule has 6 aliphatic heterocycles. The number of rotatable bonds is 20. The molecule has 5 aromatic rings. The van der Waals surface area contributed by atoms with E-state index in [-0.39, 0.29) is 207 Å². The molecular formula is C80H124B4Br3Cl3K2N2O18. The van der Waals surface area contributed by atoms with Gasteiger partial charge < -0.3 is 93.7 Å². The fraction of sp³-hybridized carbons (Fsp3) is 0.613. The summed E-state index contributed by atoms with van der Waals surface area (Å²) < 4.78 is 67.3. The van der Waals surface area contributed by atoms with Gasteiger partial charge in [0, 0.05) is 58.6 Å². The van der Waals surface area contributed by atoms with E-state index in [0.29, 0.717) is 31.5 Å². The van der Waals surface area contributed by atoms with E-state index >= 15 is 0 Å². The van der Waals surface area contributed by atoms with Gasteiger partial charge in [-0.3, -0.25) is 4.79 Å². The number of hydrogen-bond acceptors (Lipinski definition) is 20. The molecule has 0 unspecified atom stereocenters. The van der Waals surface area contributed by atoms with Crippen LogP contribution in [0.1, 0.15) is 179 Å². The topological polar surface area (TPSA) is 247 Å². The van der Waals surface area contributed by atoms with E-state index in [1.807, 2.05) is 109 Å². The zero-order valence-corrected chi connectivity index (χ0v) is 84.0. The molecular weight excluding hydrogens is 1740 g/mol. The summed E-state index contributed by atoms with van der Waals surface area (Å²) in [5, 5.41) is 50.5. The van der Waals surface area contributed by atoms with Crippen molar-refractivity contribution in [3.05, 3.63) is 123 Å². The smallest absolute Gasteiger partial charge is 1.00 e. The minimum atomic E-state index is -0.410. The second kappa shape index (κ2) is 51.7. The normalized spacial score (nSPS) is 19.7. The molecule has 20 nitrogen and oxygen atoms in total. The van der Waals surface area contributed by atoms with Crippen LogP contribution in [-0.4, -0.2) is 192 Å². The van der Waals surface area contributed by atoms with Gasteiger partial charge in [-0.05, 0) is 271 Å². The van der Waals surface area contributed by atoms with Crippen molar-refractivity contribution in [3.8, 4) is 28.7 Å². The second-order valence-electron chi connectivity index (χ2n) is 31.4. The van der Waals surface area contributed by atoms with Gasteiger partial charge in [-0.25, -0.2) is 0 Å². The molecule has 0 bridgehead atoms. The third kappa shape index (κ3) is 33.3. The van der Waals surface area contributed by atoms with Crippen molar-refractivity contribution in [1.29, 1.82) is 0 Å². The summed E-state index contributed by atoms with van der Waals surface area (Å²) in [7, 11) is -1.47. The van der Waals surface area contributed by atoms with Crippen molar-refractivity contribution in [3.63, 3.8) is 0 Å². The molecule has 112 heavy (non-hydrogen) atoms. The molecule has 6 saturated heterocycles. The van der Waals surface area contributed by atoms with Crippen molar-refractivity contribution in [2.75, 3.05) is 75.0 Å². The summed E-state index contributed by atoms with van der Waals surface area (Å²) in [4.78, 5) is 13.5. The Hall–Kier alpha value is -0.108. The van der Waals surface area contributed by atoms with Gasteiger partial charge in [-0.2, -0.15) is 0 Å². The van der Waals surface area contributed by atoms with Crippen LogP contribution in [0.2, 0.25) is 0 Å². The maximum atomic E-state index is 9.71. The summed E-state index contributed by atoms with van der Waals surface area (Å²) in [5.41, 5.74) is 6.21. The molecule has 0 aliphatic carbocycles. The van der Waals surface area contributed by atoms with Gasteiger partial charge in [0.05, 0.1) is 76.8 Å². The maximum Gasteiger partial charge on any atom is 1.00 e. The van der Waals surface area contributed by atoms with Crippen molar-refractivity contribution in [2.45, 2.75) is 241 Å². The molecule has 5 N–H and O–H groups in total. The van der Waals surface area contributed by atoms with Crippen LogP contribution in [0.25, 0.3) is 0 Å². The van der Waals surface area contributed by atoms with Crippen LogP contribution in [-0.2, 0) is 46.9 Å². The Morgan fingerprint density at radius 1 is 0.500 bits per heavy atom. The minimum Gasteiger partial charge on any atom is -1.00 e. The quantitative estimate of drug-likeness (QED) is 0.0125. The molecule has 618 valence electrons. The zero-order valence-electron chi connectivity index (χ0n) is 71.7. The Morgan fingerprint density at radius 3 is 1.07 bits per heavy atom. The molecule has 2 atom stereocenters. The van der Waals surface area contributed by atoms with Gasteiger partial charge in [0.1, 0.15) is 28.7 Å². The molecule has 11 rings (SSSR count). The van der Waals surface area contributed by atoms with Crippen LogP contribution in [0.3, 0.4) is 0 Å². The fourth-order valence-corrected chi connectivity index (χ4v) is 12.6. The number of β-amino-alcohol motifs (C(OH)–C–C–N with tert-alkyl or cyclic N) is 2. The summed E-state index contributed by atoms with van der Waals surface area (Å²) in [6.45, 7) is 49.1. The standard InChI is InChI=1S/C20H32BNO4.C16H24BBrO3.C16H24BClO3.C13H19BO3.C7H7BrO.C4H9NO.C3H6BrCl.CH2O3.ClH.2K.H/c1-15-17(21-25-19(2,3)20(4,5)26-21)8-6-9-18(15)24-13-7-11-22-12-10-16(23)14-22;2*1-12-13(8-6-9-14(12)19-11-7-10-18)17-20-15(2,3)16(4,5)21-17;1-9-10(7-6-8-11(9)15)14-16-12(2,3)13(4,5)17-14;1-5-6(8)3-2-4-7(5)9;6-4-1-2-5-3-4;4-2-1-3-5;2-1-4-3;;;;/h6,8-9,16,23H,7,10-14H2,1-5H3;2*6,8-9H,7,10-11H2,1-5H3;6-8,15H,1-5H3;2-4,9H,1H3;4-6H,1-3H2;1-3H2;1,3H;1H;;;/q;;;;;;;;;2*+1;-1/p-1/t16-;;;;;4-;;;;;;/m1....1....../s1. The van der Waals surface area contributed by atoms with Crippen molar-refractivity contribution in [1.82, 2.24) is 10.2 Å². The van der Waals surface area contributed by atoms with Gasteiger partial charge in [0.15, 0.2) is 0 Å². The molecule has 0 saturated carbocycles. The first kappa shape index (κ1) is 110. The van der Waals surface area contributed by atoms with Gasteiger partial charge >= 0.3 is 131 Å². The van der Waals surface area contributed by atoms with E-state index in [1.165, 1.54) is 0 Å². The second-order valence-corrected chi connectivity index (χ2v) is 34.6. The number of aliphatic hydroxyl groups is 2. The average Bonchev–Trinajstić information content (AvgIpc) is 1.64. The van der Waals surface area contributed by atoms with Crippen molar-refractivity contribution >= 4 is 140 Å². The number of phenolic OH excluding ortho intramolecular Hbond substituents is 2. The van der Waals surface area contributed by atoms with Crippen molar-refractivity contribution in [2.24, 2.45) is 0 Å². The number of aliphatic hydroxyl groups excluding tert-OH is 2. The number of halogens is 6. The van der Waals surface area contributed by atoms with E-state index < -0.39 is 7.12 Å². The fourth-order valence-electron chi connectivity index (χ4n) is 11.2. The first-order chi connectivity index (χ1) is 50.9. The molecule has 0 radical (unpaired) electrons. The number of carbonyl (C=O) groups excluding carboxylic acids is 1. The Balaban J connectivity index is 0.00000134.